The standard InChI is InChI=1S/C20H19Cl2NO2/c1-24-16-5-6-18-13(10-16)3-2-4-17(18)14-9-15(12-23)20(19(22)11-14)25-8-7-21/h5-6,9-11,17H,2-4,7-8H2,1H3. The maximum Gasteiger partial charge on any atom is 0.155 e. The van der Waals surface area contributed by atoms with Crippen LogP contribution in [-0.2, 0) is 6.42 Å². The van der Waals surface area contributed by atoms with Crippen LogP contribution >= 0.6 is 23.2 Å². The highest BCUT2D eigenvalue weighted by Gasteiger charge is 2.24. The third kappa shape index (κ3) is 3.71. The summed E-state index contributed by atoms with van der Waals surface area (Å²) in [6, 6.07) is 12.2. The van der Waals surface area contributed by atoms with E-state index in [4.69, 9.17) is 32.7 Å². The topological polar surface area (TPSA) is 42.2 Å². The van der Waals surface area contributed by atoms with E-state index in [1.807, 2.05) is 18.2 Å². The number of methoxy groups -OCH3 is 1. The second-order valence-electron chi connectivity index (χ2n) is 6.04. The van der Waals surface area contributed by atoms with Gasteiger partial charge in [0.05, 0.1) is 23.6 Å². The zero-order chi connectivity index (χ0) is 17.8. The van der Waals surface area contributed by atoms with Gasteiger partial charge in [-0.05, 0) is 60.2 Å². The summed E-state index contributed by atoms with van der Waals surface area (Å²) in [5.41, 5.74) is 4.08. The van der Waals surface area contributed by atoms with Gasteiger partial charge in [0.2, 0.25) is 0 Å². The van der Waals surface area contributed by atoms with Gasteiger partial charge in [0, 0.05) is 5.92 Å². The highest BCUT2D eigenvalue weighted by molar-refractivity contribution is 6.32. The molecule has 0 radical (unpaired) electrons. The maximum absolute atomic E-state index is 9.49. The number of ether oxygens (including phenoxy) is 2. The number of aryl methyl sites for hydroxylation is 1. The van der Waals surface area contributed by atoms with Gasteiger partial charge in [0.1, 0.15) is 18.4 Å². The van der Waals surface area contributed by atoms with Gasteiger partial charge in [-0.2, -0.15) is 5.26 Å². The smallest absolute Gasteiger partial charge is 0.155 e. The molecule has 0 heterocycles. The van der Waals surface area contributed by atoms with Crippen LogP contribution in [0.3, 0.4) is 0 Å². The number of hydrogen-bond acceptors (Lipinski definition) is 3. The number of nitrogens with zero attached hydrogens (tertiary/aromatic N) is 1. The Morgan fingerprint density at radius 1 is 1.28 bits per heavy atom. The first-order chi connectivity index (χ1) is 12.2. The number of hydrogen-bond donors (Lipinski definition) is 0. The van der Waals surface area contributed by atoms with E-state index in [9.17, 15) is 5.26 Å². The molecule has 0 amide bonds. The molecule has 130 valence electrons. The molecule has 0 N–H and O–H groups in total. The van der Waals surface area contributed by atoms with Gasteiger partial charge in [0.25, 0.3) is 0 Å². The number of fused-ring (bicyclic) bond motifs is 1. The maximum atomic E-state index is 9.49. The Bertz CT molecular complexity index is 814. The molecule has 0 aromatic heterocycles. The van der Waals surface area contributed by atoms with Crippen molar-refractivity contribution < 1.29 is 9.47 Å². The van der Waals surface area contributed by atoms with Crippen molar-refractivity contribution in [3.05, 3.63) is 57.6 Å². The van der Waals surface area contributed by atoms with E-state index >= 15 is 0 Å². The van der Waals surface area contributed by atoms with Crippen LogP contribution < -0.4 is 9.47 Å². The molecule has 0 bridgehead atoms. The number of alkyl halides is 1. The molecule has 0 saturated carbocycles. The first kappa shape index (κ1) is 17.9. The molecular formula is C20H19Cl2NO2. The Hall–Kier alpha value is -1.89. The summed E-state index contributed by atoms with van der Waals surface area (Å²) in [5, 5.41) is 9.95. The molecule has 5 heteroatoms. The molecule has 2 aromatic carbocycles. The van der Waals surface area contributed by atoms with Crippen LogP contribution in [0.5, 0.6) is 11.5 Å². The summed E-state index contributed by atoms with van der Waals surface area (Å²) in [4.78, 5) is 0. The van der Waals surface area contributed by atoms with Crippen molar-refractivity contribution in [3.63, 3.8) is 0 Å². The fourth-order valence-corrected chi connectivity index (χ4v) is 3.81. The number of rotatable bonds is 5. The Morgan fingerprint density at radius 2 is 2.12 bits per heavy atom. The zero-order valence-electron chi connectivity index (χ0n) is 14.0. The minimum atomic E-state index is 0.223. The van der Waals surface area contributed by atoms with Crippen LogP contribution in [0.15, 0.2) is 30.3 Å². The van der Waals surface area contributed by atoms with Gasteiger partial charge in [0.15, 0.2) is 5.75 Å². The normalized spacial score (nSPS) is 16.0. The van der Waals surface area contributed by atoms with Crippen molar-refractivity contribution in [2.24, 2.45) is 0 Å². The lowest BCUT2D eigenvalue weighted by Crippen LogP contribution is -2.12. The number of halogens is 2. The summed E-state index contributed by atoms with van der Waals surface area (Å²) >= 11 is 12.1. The lowest BCUT2D eigenvalue weighted by Gasteiger charge is -2.27. The number of nitriles is 1. The lowest BCUT2D eigenvalue weighted by molar-refractivity contribution is 0.342. The number of benzene rings is 2. The van der Waals surface area contributed by atoms with Gasteiger partial charge >= 0.3 is 0 Å². The molecule has 0 fully saturated rings. The molecule has 1 aliphatic rings. The Kier molecular flexibility index (Phi) is 5.73. The summed E-state index contributed by atoms with van der Waals surface area (Å²) in [6.45, 7) is 0.321. The summed E-state index contributed by atoms with van der Waals surface area (Å²) < 4.78 is 10.9. The summed E-state index contributed by atoms with van der Waals surface area (Å²) in [7, 11) is 1.68. The van der Waals surface area contributed by atoms with Gasteiger partial charge in [-0.3, -0.25) is 0 Å². The van der Waals surface area contributed by atoms with E-state index in [0.717, 1.165) is 30.6 Å². The van der Waals surface area contributed by atoms with Gasteiger partial charge in [-0.15, -0.1) is 11.6 Å². The molecule has 1 unspecified atom stereocenters. The van der Waals surface area contributed by atoms with Crippen molar-refractivity contribution in [2.75, 3.05) is 19.6 Å². The first-order valence-corrected chi connectivity index (χ1v) is 9.18. The van der Waals surface area contributed by atoms with Crippen LogP contribution in [0.25, 0.3) is 0 Å². The second-order valence-corrected chi connectivity index (χ2v) is 6.82. The SMILES string of the molecule is COc1ccc2c(c1)CCCC2c1cc(Cl)c(OCCCl)c(C#N)c1. The Balaban J connectivity index is 2.01. The quantitative estimate of drug-likeness (QED) is 0.665. The zero-order valence-corrected chi connectivity index (χ0v) is 15.5. The van der Waals surface area contributed by atoms with E-state index in [1.54, 1.807) is 7.11 Å². The summed E-state index contributed by atoms with van der Waals surface area (Å²) in [5.74, 6) is 1.86. The van der Waals surface area contributed by atoms with Crippen LogP contribution in [0.4, 0.5) is 0 Å². The highest BCUT2D eigenvalue weighted by atomic mass is 35.5. The van der Waals surface area contributed by atoms with Crippen LogP contribution in [0.1, 0.15) is 41.0 Å². The third-order valence-electron chi connectivity index (χ3n) is 4.58. The fourth-order valence-electron chi connectivity index (χ4n) is 3.45. The van der Waals surface area contributed by atoms with Crippen molar-refractivity contribution in [1.29, 1.82) is 5.26 Å². The molecular weight excluding hydrogens is 357 g/mol. The average molecular weight is 376 g/mol. The van der Waals surface area contributed by atoms with Gasteiger partial charge < -0.3 is 9.47 Å². The largest absolute Gasteiger partial charge is 0.497 e. The molecule has 3 nitrogen and oxygen atoms in total. The van der Waals surface area contributed by atoms with Crippen molar-refractivity contribution >= 4 is 23.2 Å². The van der Waals surface area contributed by atoms with E-state index in [2.05, 4.69) is 18.2 Å². The minimum absolute atomic E-state index is 0.223. The summed E-state index contributed by atoms with van der Waals surface area (Å²) in [6.07, 6.45) is 3.16. The molecule has 25 heavy (non-hydrogen) atoms. The second kappa shape index (κ2) is 7.99. The van der Waals surface area contributed by atoms with E-state index in [-0.39, 0.29) is 5.92 Å². The Morgan fingerprint density at radius 3 is 2.84 bits per heavy atom. The first-order valence-electron chi connectivity index (χ1n) is 8.27. The third-order valence-corrected chi connectivity index (χ3v) is 5.01. The molecule has 0 aliphatic heterocycles. The van der Waals surface area contributed by atoms with E-state index in [1.165, 1.54) is 11.1 Å². The minimum Gasteiger partial charge on any atom is -0.497 e. The van der Waals surface area contributed by atoms with E-state index < -0.39 is 0 Å². The van der Waals surface area contributed by atoms with E-state index in [0.29, 0.717) is 28.8 Å². The van der Waals surface area contributed by atoms with Gasteiger partial charge in [-0.25, -0.2) is 0 Å². The van der Waals surface area contributed by atoms with Crippen LogP contribution in [0, 0.1) is 11.3 Å². The molecule has 2 aromatic rings. The molecule has 3 rings (SSSR count). The highest BCUT2D eigenvalue weighted by Crippen LogP contribution is 2.41. The predicted octanol–water partition coefficient (Wildman–Crippen LogP) is 5.31. The van der Waals surface area contributed by atoms with Crippen LogP contribution in [0.2, 0.25) is 5.02 Å². The molecule has 0 spiro atoms. The molecule has 1 aliphatic carbocycles. The Labute approximate surface area is 158 Å². The van der Waals surface area contributed by atoms with Crippen molar-refractivity contribution in [2.45, 2.75) is 25.2 Å². The monoisotopic (exact) mass is 375 g/mol. The molecule has 1 atom stereocenters. The average Bonchev–Trinajstić information content (AvgIpc) is 2.65. The molecule has 0 saturated heterocycles. The van der Waals surface area contributed by atoms with Gasteiger partial charge in [-0.1, -0.05) is 17.7 Å². The fraction of sp³-hybridized carbons (Fsp3) is 0.350. The lowest BCUT2D eigenvalue weighted by atomic mass is 9.78. The van der Waals surface area contributed by atoms with Crippen LogP contribution in [-0.4, -0.2) is 19.6 Å². The van der Waals surface area contributed by atoms with Crippen molar-refractivity contribution in [1.82, 2.24) is 0 Å². The predicted molar refractivity (Wildman–Crippen MR) is 100 cm³/mol. The van der Waals surface area contributed by atoms with Crippen molar-refractivity contribution in [3.8, 4) is 17.6 Å².